The van der Waals surface area contributed by atoms with E-state index in [2.05, 4.69) is 58.9 Å². The molecule has 8 aromatic rings. The summed E-state index contributed by atoms with van der Waals surface area (Å²) < 4.78 is 233. The normalized spacial score (nSPS) is 22.7. The summed E-state index contributed by atoms with van der Waals surface area (Å²) in [7, 11) is 0. The van der Waals surface area contributed by atoms with Gasteiger partial charge in [-0.2, -0.15) is 35.1 Å². The minimum atomic E-state index is -4.15. The topological polar surface area (TPSA) is 222 Å². The molecule has 127 heavy (non-hydrogen) atoms. The summed E-state index contributed by atoms with van der Waals surface area (Å²) in [6, 6.07) is 25.5. The number of fused-ring (bicyclic) bond motifs is 6. The molecule has 4 aliphatic carbocycles. The molecular formula is C95H96F16N8O8. The lowest BCUT2D eigenvalue weighted by atomic mass is 9.86. The highest BCUT2D eigenvalue weighted by Crippen LogP contribution is 2.58. The van der Waals surface area contributed by atoms with E-state index in [0.29, 0.717) is 106 Å². The van der Waals surface area contributed by atoms with Crippen LogP contribution < -0.4 is 31.9 Å². The van der Waals surface area contributed by atoms with Gasteiger partial charge in [-0.15, -0.1) is 0 Å². The van der Waals surface area contributed by atoms with Crippen molar-refractivity contribution >= 4 is 58.2 Å². The summed E-state index contributed by atoms with van der Waals surface area (Å²) in [5, 5.41) is 34.5. The van der Waals surface area contributed by atoms with Gasteiger partial charge in [-0.1, -0.05) is 33.1 Å². The van der Waals surface area contributed by atoms with E-state index in [9.17, 15) is 69.7 Å². The molecule has 15 rings (SSSR count). The van der Waals surface area contributed by atoms with Crippen LogP contribution in [0.2, 0.25) is 0 Å². The van der Waals surface area contributed by atoms with Gasteiger partial charge in [-0.3, -0.25) is 28.8 Å². The Morgan fingerprint density at radius 3 is 1.06 bits per heavy atom. The highest BCUT2D eigenvalue weighted by Gasteiger charge is 2.58. The first-order chi connectivity index (χ1) is 59.5. The molecule has 3 heterocycles. The molecule has 8 aromatic carbocycles. The Balaban J connectivity index is 0.000000154. The molecule has 16 nitrogen and oxygen atoms in total. The zero-order chi connectivity index (χ0) is 92.8. The van der Waals surface area contributed by atoms with E-state index in [1.54, 1.807) is 6.92 Å². The second kappa shape index (κ2) is 36.7. The number of halogens is 16. The molecule has 676 valence electrons. The second-order valence-electron chi connectivity index (χ2n) is 35.2. The van der Waals surface area contributed by atoms with Crippen molar-refractivity contribution in [3.63, 3.8) is 0 Å². The van der Waals surface area contributed by atoms with Crippen molar-refractivity contribution in [2.75, 3.05) is 27.8 Å². The van der Waals surface area contributed by atoms with E-state index in [0.717, 1.165) is 98.5 Å². The summed E-state index contributed by atoms with van der Waals surface area (Å²) in [6.45, 7) is 19.1. The predicted molar refractivity (Wildman–Crippen MR) is 445 cm³/mol. The van der Waals surface area contributed by atoms with Crippen LogP contribution in [0.1, 0.15) is 209 Å². The van der Waals surface area contributed by atoms with Crippen molar-refractivity contribution in [3.05, 3.63) is 283 Å². The van der Waals surface area contributed by atoms with Crippen LogP contribution in [0.3, 0.4) is 0 Å². The first-order valence-corrected chi connectivity index (χ1v) is 41.4. The Morgan fingerprint density at radius 2 is 0.724 bits per heavy atom. The zero-order valence-electron chi connectivity index (χ0n) is 70.5. The summed E-state index contributed by atoms with van der Waals surface area (Å²) in [5.74, 6) is -29.0. The number of allylic oxidation sites excluding steroid dienone is 2. The number of hydrogen-bond acceptors (Lipinski definition) is 10. The van der Waals surface area contributed by atoms with Gasteiger partial charge >= 0.3 is 23.7 Å². The van der Waals surface area contributed by atoms with E-state index in [-0.39, 0.29) is 74.5 Å². The smallest absolute Gasteiger partial charge is 0.352 e. The molecule has 6 bridgehead atoms. The summed E-state index contributed by atoms with van der Waals surface area (Å²) in [4.78, 5) is 78.1. The number of likely N-dealkylation sites (tertiary alicyclic amines) is 1. The Hall–Kier alpha value is -11.5. The van der Waals surface area contributed by atoms with Crippen molar-refractivity contribution in [1.82, 2.24) is 20.4 Å². The molecular weight excluding hydrogens is 1690 g/mol. The number of alkyl halides is 8. The fraction of sp³-hybridized carbons (Fsp3) is 0.389. The molecule has 4 saturated carbocycles. The van der Waals surface area contributed by atoms with E-state index < -0.39 is 174 Å². The van der Waals surface area contributed by atoms with Crippen LogP contribution in [0, 0.1) is 85.1 Å². The number of anilines is 4. The summed E-state index contributed by atoms with van der Waals surface area (Å²) >= 11 is 0. The van der Waals surface area contributed by atoms with Gasteiger partial charge in [-0.05, 0) is 310 Å². The number of aryl methyl sites for hydroxylation is 4. The van der Waals surface area contributed by atoms with Gasteiger partial charge in [0.2, 0.25) is 0 Å². The maximum absolute atomic E-state index is 15.4. The molecule has 0 spiro atoms. The lowest BCUT2D eigenvalue weighted by molar-refractivity contribution is -0.150. The number of benzene rings is 8. The van der Waals surface area contributed by atoms with Crippen molar-refractivity contribution in [2.45, 2.75) is 216 Å². The highest BCUT2D eigenvalue weighted by molar-refractivity contribution is 6.07. The van der Waals surface area contributed by atoms with Gasteiger partial charge in [0.05, 0.1) is 51.4 Å². The van der Waals surface area contributed by atoms with E-state index in [1.165, 1.54) is 98.2 Å². The molecule has 3 aliphatic heterocycles. The monoisotopic (exact) mass is 1780 g/mol. The maximum Gasteiger partial charge on any atom is 0.352 e. The van der Waals surface area contributed by atoms with E-state index in [4.69, 9.17) is 0 Å². The number of carbonyl (C=O) groups is 6. The van der Waals surface area contributed by atoms with Crippen LogP contribution in [0.15, 0.2) is 170 Å². The minimum absolute atomic E-state index is 0.0462. The first-order valence-electron chi connectivity index (χ1n) is 41.4. The molecule has 3 saturated heterocycles. The molecule has 0 aromatic heterocycles. The van der Waals surface area contributed by atoms with Crippen LogP contribution in [0.4, 0.5) is 93.0 Å². The number of nitrogens with one attached hydrogen (secondary N) is 6. The number of rotatable bonds is 20. The third-order valence-corrected chi connectivity index (χ3v) is 25.6. The zero-order valence-corrected chi connectivity index (χ0v) is 70.5. The number of hydrogen-bond donors (Lipinski definition) is 8. The average Bonchev–Trinajstić information content (AvgIpc) is 1.62. The molecule has 32 heteroatoms. The van der Waals surface area contributed by atoms with Crippen LogP contribution in [-0.2, 0) is 33.3 Å². The van der Waals surface area contributed by atoms with Gasteiger partial charge in [0.15, 0.2) is 0 Å². The molecule has 5 atom stereocenters. The van der Waals surface area contributed by atoms with Crippen molar-refractivity contribution in [3.8, 4) is 0 Å². The Bertz CT molecular complexity index is 5430. The molecule has 7 fully saturated rings. The van der Waals surface area contributed by atoms with Gasteiger partial charge in [0.1, 0.15) is 46.5 Å². The van der Waals surface area contributed by atoms with Gasteiger partial charge in [-0.25, -0.2) is 35.1 Å². The van der Waals surface area contributed by atoms with Crippen LogP contribution in [0.5, 0.6) is 0 Å². The third kappa shape index (κ3) is 20.5. The van der Waals surface area contributed by atoms with E-state index >= 15 is 39.5 Å². The molecule has 6 amide bonds. The Morgan fingerprint density at radius 1 is 0.394 bits per heavy atom. The average molecular weight is 1780 g/mol. The number of aliphatic hydroxyl groups excluding tert-OH is 2. The quantitative estimate of drug-likeness (QED) is 0.0337. The summed E-state index contributed by atoms with van der Waals surface area (Å²) in [6.07, 6.45) is 8.71. The standard InChI is InChI=1S/3C24H24F4N2O2.C23H24F4N2O2/c2*1-14-11-16(4-6-18(14)25)29-20(31)15-3-5-19(26)17(12-15)24(27,28)21(32)30-23-9-7-22(2,13-23)8-10-23;1-13-10-15(6-9-21(13)25)29-23(32)19-4-3-5-20(22(19)26)24(27,28)14(2)30-16-7-8-17(30)12-18(31)11-16;1-13-10-17(5-7-20(13)24)28-22(31)16-4-6-21(25)19(12-16)23(26,27)15(3)29-9-8-18(30)11-14(29)2/h2*3-6,11-12H,7-10,13H2,1-2H3,(H,29,31)(H,30,32);3-6,9-10,16-18,31H,2,7-8,11-12H2,1H3,(H,29,32);4-7,10,12,14,18,30H,3,8-9,11H2,1-2H3,(H,28,31)/t;;16-,17?,18?;14-,18+/m..11/s1. The fourth-order valence-electron chi connectivity index (χ4n) is 18.4. The first kappa shape index (κ1) is 94.6. The molecule has 8 N–H and O–H groups in total. The van der Waals surface area contributed by atoms with E-state index in [1.807, 2.05) is 0 Å². The molecule has 2 unspecified atom stereocenters. The van der Waals surface area contributed by atoms with Crippen molar-refractivity contribution < 1.29 is 109 Å². The number of aliphatic hydroxyl groups is 2. The molecule has 0 radical (unpaired) electrons. The minimum Gasteiger partial charge on any atom is -0.393 e. The number of amides is 6. The van der Waals surface area contributed by atoms with Crippen molar-refractivity contribution in [1.29, 1.82) is 0 Å². The highest BCUT2D eigenvalue weighted by atomic mass is 19.3. The second-order valence-corrected chi connectivity index (χ2v) is 35.2. The predicted octanol–water partition coefficient (Wildman–Crippen LogP) is 21.0. The largest absolute Gasteiger partial charge is 0.393 e. The third-order valence-electron chi connectivity index (χ3n) is 25.6. The van der Waals surface area contributed by atoms with Gasteiger partial charge < -0.3 is 51.9 Å². The van der Waals surface area contributed by atoms with Crippen LogP contribution in [0.25, 0.3) is 0 Å². The van der Waals surface area contributed by atoms with Gasteiger partial charge in [0.25, 0.3) is 35.4 Å². The summed E-state index contributed by atoms with van der Waals surface area (Å²) in [5.41, 5.74) is -5.61. The maximum atomic E-state index is 15.4. The Labute approximate surface area is 723 Å². The lowest BCUT2D eigenvalue weighted by Crippen LogP contribution is -2.50. The number of piperidine rings is 2. The number of carbonyl (C=O) groups excluding carboxylic acids is 6. The SMILES string of the molecule is C=C(N1C2CC[C@@H]1CC(O)C2)C(F)(F)c1cccc(C(=O)Nc2ccc(F)c(C)c2)c1F.C=C(N1CC[C@H](O)C[C@H]1C)C(F)(F)c1cc(C(=O)Nc2ccc(F)c(C)c2)ccc1F.Cc1cc(NC(=O)c2ccc(F)c(C(F)(F)C(=O)NC34CCC(C)(CC3)C4)c2)ccc1F.Cc1cc(NC(=O)c2ccc(F)c(C(F)(F)C(=O)NC34CCC(C)(CC3)C4)c2)ccc1F. The van der Waals surface area contributed by atoms with Crippen molar-refractivity contribution in [2.24, 2.45) is 10.8 Å². The lowest BCUT2D eigenvalue weighted by Gasteiger charge is -2.42. The fourth-order valence-corrected chi connectivity index (χ4v) is 18.4. The molecule has 7 aliphatic rings. The Kier molecular flexibility index (Phi) is 27.3. The van der Waals surface area contributed by atoms with Crippen LogP contribution >= 0.6 is 0 Å². The number of nitrogens with zero attached hydrogens (tertiary/aromatic N) is 2. The van der Waals surface area contributed by atoms with Gasteiger partial charge in [0, 0.05) is 75.2 Å². The van der Waals surface area contributed by atoms with Crippen LogP contribution in [-0.4, -0.2) is 103 Å².